The van der Waals surface area contributed by atoms with Crippen LogP contribution in [0.3, 0.4) is 0 Å². The summed E-state index contributed by atoms with van der Waals surface area (Å²) < 4.78 is 15.4. The van der Waals surface area contributed by atoms with Crippen molar-refractivity contribution in [1.29, 1.82) is 0 Å². The zero-order valence-electron chi connectivity index (χ0n) is 7.87. The molecule has 13 heavy (non-hydrogen) atoms. The Kier molecular flexibility index (Phi) is 21.4. The fourth-order valence-electron chi connectivity index (χ4n) is 0.428. The van der Waals surface area contributed by atoms with Gasteiger partial charge in [0.1, 0.15) is 0 Å². The van der Waals surface area contributed by atoms with E-state index < -0.39 is 8.60 Å². The van der Waals surface area contributed by atoms with E-state index in [-0.39, 0.29) is 0 Å². The van der Waals surface area contributed by atoms with Gasteiger partial charge in [-0.05, 0) is 20.8 Å². The van der Waals surface area contributed by atoms with Crippen molar-refractivity contribution in [2.75, 3.05) is 19.8 Å². The van der Waals surface area contributed by atoms with E-state index in [1.807, 2.05) is 20.8 Å². The number of rotatable bonds is 6. The molecule has 0 aromatic carbocycles. The zero-order valence-corrected chi connectivity index (χ0v) is 12.9. The predicted octanol–water partition coefficient (Wildman–Crippen LogP) is 4.01. The molecule has 3 nitrogen and oxygen atoms in total. The first-order valence-electron chi connectivity index (χ1n) is 3.77. The van der Waals surface area contributed by atoms with Crippen molar-refractivity contribution in [3.05, 3.63) is 0 Å². The van der Waals surface area contributed by atoms with Gasteiger partial charge in [0.05, 0.1) is 19.8 Å². The number of halogens is 2. The van der Waals surface area contributed by atoms with Crippen LogP contribution in [0.4, 0.5) is 0 Å². The summed E-state index contributed by atoms with van der Waals surface area (Å²) in [4.78, 5) is 0. The monoisotopic (exact) mass is 382 g/mol. The van der Waals surface area contributed by atoms with E-state index in [4.69, 9.17) is 13.6 Å². The van der Waals surface area contributed by atoms with Gasteiger partial charge in [0.2, 0.25) is 0 Å². The second kappa shape index (κ2) is 16.2. The minimum atomic E-state index is -1.06. The van der Waals surface area contributed by atoms with Crippen LogP contribution in [-0.4, -0.2) is 19.8 Å². The second-order valence-electron chi connectivity index (χ2n) is 1.52. The van der Waals surface area contributed by atoms with Gasteiger partial charge in [-0.1, -0.05) is 0 Å². The normalized spacial score (nSPS) is 10.0. The summed E-state index contributed by atoms with van der Waals surface area (Å²) in [5, 5.41) is 0. The summed E-state index contributed by atoms with van der Waals surface area (Å²) in [6, 6.07) is 0. The second-order valence-corrected chi connectivity index (χ2v) is 7.73. The summed E-state index contributed by atoms with van der Waals surface area (Å²) in [5.74, 6) is 0. The minimum absolute atomic E-state index is 0.645. The van der Waals surface area contributed by atoms with E-state index in [2.05, 4.69) is 28.5 Å². The molecular weight excluding hydrogens is 370 g/mol. The Bertz CT molecular complexity index is 78.0. The molecule has 0 N–H and O–H groups in total. The average molecular weight is 385 g/mol. The number of hydrogen-bond donors (Lipinski definition) is 0. The van der Waals surface area contributed by atoms with Gasteiger partial charge in [-0.3, -0.25) is 0 Å². The summed E-state index contributed by atoms with van der Waals surface area (Å²) in [6.07, 6.45) is 0. The van der Waals surface area contributed by atoms with Crippen LogP contribution in [0, 0.1) is 0 Å². The van der Waals surface area contributed by atoms with Crippen LogP contribution in [0.1, 0.15) is 20.8 Å². The molecule has 7 heteroatoms. The van der Waals surface area contributed by atoms with Crippen LogP contribution < -0.4 is 0 Å². The zero-order chi connectivity index (χ0) is 10.5. The van der Waals surface area contributed by atoms with Gasteiger partial charge in [-0.2, -0.15) is 0 Å². The fraction of sp³-hybridized carbons (Fsp3) is 1.00. The molecule has 0 rings (SSSR count). The Hall–Kier alpha value is 1.76. The molecule has 0 heterocycles. The Morgan fingerprint density at radius 1 is 0.923 bits per heavy atom. The van der Waals surface area contributed by atoms with E-state index >= 15 is 0 Å². The third-order valence-corrected chi connectivity index (χ3v) is 2.11. The van der Waals surface area contributed by atoms with Crippen LogP contribution in [0.5, 0.6) is 0 Å². The first-order valence-corrected chi connectivity index (χ1v) is 9.75. The summed E-state index contributed by atoms with van der Waals surface area (Å²) in [7, 11) is 0.189. The Balaban J connectivity index is 0. The molecule has 86 valence electrons. The van der Waals surface area contributed by atoms with Gasteiger partial charge in [0.25, 0.3) is 0 Å². The Morgan fingerprint density at radius 3 is 1.31 bits per heavy atom. The quantitative estimate of drug-likeness (QED) is 0.511. The van der Waals surface area contributed by atoms with E-state index in [0.29, 0.717) is 19.8 Å². The third kappa shape index (κ3) is 16.4. The van der Waals surface area contributed by atoms with Crippen LogP contribution in [-0.2, 0) is 24.5 Å². The Labute approximate surface area is 102 Å². The van der Waals surface area contributed by atoms with Crippen LogP contribution in [0.25, 0.3) is 0 Å². The molecule has 0 saturated heterocycles. The molecule has 0 unspecified atom stereocenters. The third-order valence-electron chi connectivity index (χ3n) is 0.704. The van der Waals surface area contributed by atoms with Gasteiger partial charge in [-0.25, -0.2) is 0 Å². The number of hydrogen-bond acceptors (Lipinski definition) is 3. The van der Waals surface area contributed by atoms with E-state index in [1.165, 1.54) is 10.9 Å². The molecule has 0 aliphatic rings. The average Bonchev–Trinajstić information content (AvgIpc) is 2.07. The molecule has 0 fully saturated rings. The summed E-state index contributed by atoms with van der Waals surface area (Å²) >= 11 is 6.00. The van der Waals surface area contributed by atoms with Gasteiger partial charge < -0.3 is 13.6 Å². The first-order chi connectivity index (χ1) is 6.26. The summed E-state index contributed by atoms with van der Waals surface area (Å²) in [6.45, 7) is 7.71. The predicted molar refractivity (Wildman–Crippen MR) is 59.7 cm³/mol. The molecule has 0 aromatic heterocycles. The van der Waals surface area contributed by atoms with Crippen LogP contribution >= 0.6 is 37.1 Å². The molecule has 0 bridgehead atoms. The molecule has 0 saturated carbocycles. The molecule has 0 amide bonds. The SMILES string of the molecule is CCOP(OCC)OCC.[Br][Ni][Br]. The molecule has 0 radical (unpaired) electrons. The van der Waals surface area contributed by atoms with E-state index in [1.54, 1.807) is 0 Å². The molecule has 0 aliphatic carbocycles. The van der Waals surface area contributed by atoms with Gasteiger partial charge in [0.15, 0.2) is 0 Å². The topological polar surface area (TPSA) is 27.7 Å². The van der Waals surface area contributed by atoms with Crippen molar-refractivity contribution in [3.8, 4) is 0 Å². The molecule has 0 aromatic rings. The molecular formula is C6H15Br2NiO3P. The van der Waals surface area contributed by atoms with Crippen molar-refractivity contribution >= 4 is 37.1 Å². The van der Waals surface area contributed by atoms with Crippen LogP contribution in [0.15, 0.2) is 0 Å². The van der Waals surface area contributed by atoms with Crippen molar-refractivity contribution in [2.24, 2.45) is 0 Å². The standard InChI is InChI=1S/C6H15O3P.2BrH.Ni/c1-4-7-10(8-5-2)9-6-3;;;/h4-6H2,1-3H3;2*1H;/q;;;+2/p-2. The Morgan fingerprint density at radius 2 is 1.15 bits per heavy atom. The fourth-order valence-corrected chi connectivity index (χ4v) is 1.28. The van der Waals surface area contributed by atoms with E-state index in [0.717, 1.165) is 0 Å². The molecule has 0 aliphatic heterocycles. The molecule has 0 spiro atoms. The maximum atomic E-state index is 5.14. The van der Waals surface area contributed by atoms with Crippen molar-refractivity contribution in [1.82, 2.24) is 0 Å². The summed E-state index contributed by atoms with van der Waals surface area (Å²) in [5.41, 5.74) is 0. The van der Waals surface area contributed by atoms with Crippen LogP contribution in [0.2, 0.25) is 0 Å². The van der Waals surface area contributed by atoms with Crippen molar-refractivity contribution in [3.63, 3.8) is 0 Å². The molecule has 0 atom stereocenters. The van der Waals surface area contributed by atoms with Gasteiger partial charge in [-0.15, -0.1) is 0 Å². The van der Waals surface area contributed by atoms with Crippen molar-refractivity contribution < 1.29 is 24.5 Å². The maximum absolute atomic E-state index is 5.14. The van der Waals surface area contributed by atoms with Gasteiger partial charge >= 0.3 is 48.0 Å². The van der Waals surface area contributed by atoms with E-state index in [9.17, 15) is 0 Å². The van der Waals surface area contributed by atoms with Gasteiger partial charge in [0, 0.05) is 0 Å². The van der Waals surface area contributed by atoms with Crippen molar-refractivity contribution in [2.45, 2.75) is 20.8 Å². The first kappa shape index (κ1) is 17.2.